The summed E-state index contributed by atoms with van der Waals surface area (Å²) in [5.41, 5.74) is 7.20. The SMILES string of the molecule is CC(N)c1cncn1C1CCN2CCCCC12. The summed E-state index contributed by atoms with van der Waals surface area (Å²) in [7, 11) is 0. The molecule has 0 aliphatic carbocycles. The number of imidazole rings is 1. The fourth-order valence-electron chi connectivity index (χ4n) is 3.49. The molecule has 0 amide bonds. The first kappa shape index (κ1) is 11.2. The van der Waals surface area contributed by atoms with Crippen LogP contribution in [-0.2, 0) is 0 Å². The van der Waals surface area contributed by atoms with E-state index in [9.17, 15) is 0 Å². The van der Waals surface area contributed by atoms with Gasteiger partial charge >= 0.3 is 0 Å². The topological polar surface area (TPSA) is 47.1 Å². The maximum atomic E-state index is 6.02. The molecule has 2 N–H and O–H groups in total. The highest BCUT2D eigenvalue weighted by molar-refractivity contribution is 5.08. The summed E-state index contributed by atoms with van der Waals surface area (Å²) in [6.07, 6.45) is 9.23. The van der Waals surface area contributed by atoms with Crippen LogP contribution in [0.2, 0.25) is 0 Å². The van der Waals surface area contributed by atoms with Crippen LogP contribution >= 0.6 is 0 Å². The highest BCUT2D eigenvalue weighted by atomic mass is 15.3. The van der Waals surface area contributed by atoms with Crippen LogP contribution in [0.3, 0.4) is 0 Å². The second kappa shape index (κ2) is 4.42. The fourth-order valence-corrected chi connectivity index (χ4v) is 3.49. The lowest BCUT2D eigenvalue weighted by atomic mass is 9.98. The quantitative estimate of drug-likeness (QED) is 0.847. The molecule has 1 aromatic rings. The molecule has 3 atom stereocenters. The summed E-state index contributed by atoms with van der Waals surface area (Å²) in [5, 5.41) is 0. The number of hydrogen-bond acceptors (Lipinski definition) is 3. The van der Waals surface area contributed by atoms with Crippen LogP contribution in [0.4, 0.5) is 0 Å². The van der Waals surface area contributed by atoms with E-state index in [2.05, 4.69) is 14.5 Å². The van der Waals surface area contributed by atoms with Gasteiger partial charge < -0.3 is 10.3 Å². The molecular formula is C13H22N4. The zero-order valence-electron chi connectivity index (χ0n) is 10.5. The van der Waals surface area contributed by atoms with Crippen LogP contribution in [0.5, 0.6) is 0 Å². The van der Waals surface area contributed by atoms with E-state index in [4.69, 9.17) is 5.73 Å². The van der Waals surface area contributed by atoms with Gasteiger partial charge in [-0.25, -0.2) is 4.98 Å². The molecule has 0 saturated carbocycles. The molecule has 0 bridgehead atoms. The molecule has 2 aliphatic rings. The molecule has 1 aromatic heterocycles. The molecule has 0 aromatic carbocycles. The van der Waals surface area contributed by atoms with Crippen molar-refractivity contribution in [1.82, 2.24) is 14.5 Å². The zero-order chi connectivity index (χ0) is 11.8. The standard InChI is InChI=1S/C13H22N4/c1-10(14)13-8-15-9-17(13)12-5-7-16-6-3-2-4-11(12)16/h8-12H,2-7,14H2,1H3. The van der Waals surface area contributed by atoms with Gasteiger partial charge in [0.05, 0.1) is 18.1 Å². The van der Waals surface area contributed by atoms with E-state index in [1.54, 1.807) is 0 Å². The maximum absolute atomic E-state index is 6.02. The summed E-state index contributed by atoms with van der Waals surface area (Å²) in [4.78, 5) is 6.94. The third-order valence-corrected chi connectivity index (χ3v) is 4.34. The van der Waals surface area contributed by atoms with Crippen molar-refractivity contribution < 1.29 is 0 Å². The van der Waals surface area contributed by atoms with E-state index in [1.165, 1.54) is 44.5 Å². The van der Waals surface area contributed by atoms with Crippen molar-refractivity contribution in [2.75, 3.05) is 13.1 Å². The summed E-state index contributed by atoms with van der Waals surface area (Å²) < 4.78 is 2.33. The Morgan fingerprint density at radius 1 is 1.29 bits per heavy atom. The van der Waals surface area contributed by atoms with E-state index >= 15 is 0 Å². The largest absolute Gasteiger partial charge is 0.328 e. The van der Waals surface area contributed by atoms with Gasteiger partial charge in [0.2, 0.25) is 0 Å². The minimum atomic E-state index is 0.0788. The number of rotatable bonds is 2. The third-order valence-electron chi connectivity index (χ3n) is 4.34. The Morgan fingerprint density at radius 3 is 3.00 bits per heavy atom. The lowest BCUT2D eigenvalue weighted by molar-refractivity contribution is 0.172. The highest BCUT2D eigenvalue weighted by Crippen LogP contribution is 2.36. The van der Waals surface area contributed by atoms with Crippen LogP contribution in [0.25, 0.3) is 0 Å². The van der Waals surface area contributed by atoms with Gasteiger partial charge in [-0.1, -0.05) is 6.42 Å². The van der Waals surface area contributed by atoms with Crippen LogP contribution < -0.4 is 5.73 Å². The zero-order valence-corrected chi connectivity index (χ0v) is 10.5. The molecule has 17 heavy (non-hydrogen) atoms. The van der Waals surface area contributed by atoms with E-state index in [1.807, 2.05) is 19.4 Å². The lowest BCUT2D eigenvalue weighted by Crippen LogP contribution is -2.38. The Bertz CT molecular complexity index is 385. The molecule has 2 fully saturated rings. The fraction of sp³-hybridized carbons (Fsp3) is 0.769. The smallest absolute Gasteiger partial charge is 0.0951 e. The van der Waals surface area contributed by atoms with Crippen molar-refractivity contribution in [3.8, 4) is 0 Å². The third kappa shape index (κ3) is 1.89. The minimum absolute atomic E-state index is 0.0788. The van der Waals surface area contributed by atoms with E-state index in [0.717, 1.165) is 6.04 Å². The predicted octanol–water partition coefficient (Wildman–Crippen LogP) is 1.70. The van der Waals surface area contributed by atoms with Gasteiger partial charge in [-0.3, -0.25) is 4.90 Å². The van der Waals surface area contributed by atoms with Crippen LogP contribution in [0.15, 0.2) is 12.5 Å². The Morgan fingerprint density at radius 2 is 2.18 bits per heavy atom. The predicted molar refractivity (Wildman–Crippen MR) is 67.7 cm³/mol. The van der Waals surface area contributed by atoms with Crippen molar-refractivity contribution in [1.29, 1.82) is 0 Å². The second-order valence-corrected chi connectivity index (χ2v) is 5.47. The van der Waals surface area contributed by atoms with Gasteiger partial charge in [-0.05, 0) is 32.7 Å². The maximum Gasteiger partial charge on any atom is 0.0951 e. The van der Waals surface area contributed by atoms with Crippen molar-refractivity contribution in [3.63, 3.8) is 0 Å². The number of piperidine rings is 1. The van der Waals surface area contributed by atoms with E-state index < -0.39 is 0 Å². The molecule has 0 spiro atoms. The number of aromatic nitrogens is 2. The van der Waals surface area contributed by atoms with Gasteiger partial charge in [-0.2, -0.15) is 0 Å². The minimum Gasteiger partial charge on any atom is -0.328 e. The molecule has 4 nitrogen and oxygen atoms in total. The Kier molecular flexibility index (Phi) is 2.92. The first-order valence-corrected chi connectivity index (χ1v) is 6.78. The summed E-state index contributed by atoms with van der Waals surface area (Å²) in [6, 6.07) is 1.39. The molecule has 0 radical (unpaired) electrons. The average molecular weight is 234 g/mol. The number of nitrogens with zero attached hydrogens (tertiary/aromatic N) is 3. The number of fused-ring (bicyclic) bond motifs is 1. The Labute approximate surface area is 103 Å². The lowest BCUT2D eigenvalue weighted by Gasteiger charge is -2.33. The van der Waals surface area contributed by atoms with E-state index in [0.29, 0.717) is 6.04 Å². The Hall–Kier alpha value is -0.870. The van der Waals surface area contributed by atoms with Crippen molar-refractivity contribution in [2.45, 2.75) is 50.7 Å². The molecule has 3 rings (SSSR count). The van der Waals surface area contributed by atoms with Gasteiger partial charge in [0.1, 0.15) is 0 Å². The average Bonchev–Trinajstić information content (AvgIpc) is 2.94. The number of hydrogen-bond donors (Lipinski definition) is 1. The van der Waals surface area contributed by atoms with Crippen molar-refractivity contribution >= 4 is 0 Å². The van der Waals surface area contributed by atoms with Gasteiger partial charge in [-0.15, -0.1) is 0 Å². The normalized spacial score (nSPS) is 31.4. The van der Waals surface area contributed by atoms with Gasteiger partial charge in [0.15, 0.2) is 0 Å². The van der Waals surface area contributed by atoms with Crippen LogP contribution in [-0.4, -0.2) is 33.6 Å². The van der Waals surface area contributed by atoms with Gasteiger partial charge in [0, 0.05) is 24.8 Å². The summed E-state index contributed by atoms with van der Waals surface area (Å²) in [6.45, 7) is 4.57. The summed E-state index contributed by atoms with van der Waals surface area (Å²) >= 11 is 0. The second-order valence-electron chi connectivity index (χ2n) is 5.47. The van der Waals surface area contributed by atoms with E-state index in [-0.39, 0.29) is 6.04 Å². The monoisotopic (exact) mass is 234 g/mol. The molecule has 3 unspecified atom stereocenters. The van der Waals surface area contributed by atoms with Crippen LogP contribution in [0.1, 0.15) is 50.4 Å². The molecule has 2 aliphatic heterocycles. The molecule has 3 heterocycles. The molecule has 4 heteroatoms. The first-order chi connectivity index (χ1) is 8.27. The van der Waals surface area contributed by atoms with Gasteiger partial charge in [0.25, 0.3) is 0 Å². The molecule has 94 valence electrons. The Balaban J connectivity index is 1.86. The molecule has 2 saturated heterocycles. The van der Waals surface area contributed by atoms with Crippen molar-refractivity contribution in [2.24, 2.45) is 5.73 Å². The van der Waals surface area contributed by atoms with Crippen LogP contribution in [0, 0.1) is 0 Å². The number of nitrogens with two attached hydrogens (primary N) is 1. The summed E-state index contributed by atoms with van der Waals surface area (Å²) in [5.74, 6) is 0. The molecular weight excluding hydrogens is 212 g/mol. The van der Waals surface area contributed by atoms with Crippen molar-refractivity contribution in [3.05, 3.63) is 18.2 Å². The first-order valence-electron chi connectivity index (χ1n) is 6.78. The highest BCUT2D eigenvalue weighted by Gasteiger charge is 2.37.